The monoisotopic (exact) mass is 400 g/mol. The van der Waals surface area contributed by atoms with Gasteiger partial charge in [-0.25, -0.2) is 9.78 Å². The first-order valence-electron chi connectivity index (χ1n) is 9.15. The number of piperidine rings is 1. The van der Waals surface area contributed by atoms with Gasteiger partial charge < -0.3 is 19.5 Å². The number of amides is 1. The lowest BCUT2D eigenvalue weighted by Crippen LogP contribution is -2.70. The number of carboxylic acid groups (broad SMARTS) is 1. The number of aliphatic hydroxyl groups is 1. The summed E-state index contributed by atoms with van der Waals surface area (Å²) < 4.78 is 6.17. The highest BCUT2D eigenvalue weighted by Crippen LogP contribution is 2.40. The molecule has 146 valence electrons. The van der Waals surface area contributed by atoms with Gasteiger partial charge >= 0.3 is 6.09 Å². The standard InChI is InChI=1S/C19H20N4O4S/c1-19(2,26)13-4-3-12(16-20-5-6-28-16)15-14(13)21-17(27-15)22-8-10-7-11(9-22)23(10)18(24)25/h3-6,10-11,26H,7-9H2,1-2H3,(H,24,25). The van der Waals surface area contributed by atoms with Crippen molar-refractivity contribution < 1.29 is 19.4 Å². The minimum atomic E-state index is -1.07. The lowest BCUT2D eigenvalue weighted by atomic mass is 9.88. The maximum absolute atomic E-state index is 11.3. The molecule has 2 unspecified atom stereocenters. The molecule has 3 fully saturated rings. The predicted octanol–water partition coefficient (Wildman–Crippen LogP) is 3.12. The van der Waals surface area contributed by atoms with Gasteiger partial charge in [0.15, 0.2) is 5.58 Å². The number of rotatable bonds is 3. The van der Waals surface area contributed by atoms with Crippen LogP contribution in [0.15, 0.2) is 28.1 Å². The van der Waals surface area contributed by atoms with Gasteiger partial charge in [-0.3, -0.25) is 4.90 Å². The van der Waals surface area contributed by atoms with E-state index in [2.05, 4.69) is 4.98 Å². The highest BCUT2D eigenvalue weighted by atomic mass is 32.1. The number of carbonyl (C=O) groups is 1. The first-order valence-corrected chi connectivity index (χ1v) is 10.0. The number of fused-ring (bicyclic) bond motifs is 3. The Balaban J connectivity index is 1.58. The van der Waals surface area contributed by atoms with Crippen LogP contribution < -0.4 is 4.90 Å². The molecule has 2 bridgehead atoms. The van der Waals surface area contributed by atoms with Gasteiger partial charge in [-0.15, -0.1) is 11.3 Å². The van der Waals surface area contributed by atoms with Crippen molar-refractivity contribution >= 4 is 34.5 Å². The van der Waals surface area contributed by atoms with Crippen molar-refractivity contribution in [3.8, 4) is 10.6 Å². The average molecular weight is 400 g/mol. The quantitative estimate of drug-likeness (QED) is 0.696. The normalized spacial score (nSPS) is 21.8. The molecule has 1 aromatic carbocycles. The van der Waals surface area contributed by atoms with Gasteiger partial charge in [-0.2, -0.15) is 4.98 Å². The van der Waals surface area contributed by atoms with Crippen molar-refractivity contribution in [1.29, 1.82) is 0 Å². The minimum Gasteiger partial charge on any atom is -0.465 e. The number of nitrogens with zero attached hydrogens (tertiary/aromatic N) is 4. The second-order valence-corrected chi connectivity index (χ2v) is 8.76. The molecule has 2 atom stereocenters. The summed E-state index contributed by atoms with van der Waals surface area (Å²) in [5.41, 5.74) is 1.67. The maximum Gasteiger partial charge on any atom is 0.407 e. The van der Waals surface area contributed by atoms with Crippen LogP contribution in [0.2, 0.25) is 0 Å². The Labute approximate surface area is 165 Å². The van der Waals surface area contributed by atoms with Crippen LogP contribution in [0.25, 0.3) is 21.7 Å². The molecule has 0 saturated carbocycles. The van der Waals surface area contributed by atoms with Gasteiger partial charge in [0.05, 0.1) is 23.2 Å². The summed E-state index contributed by atoms with van der Waals surface area (Å²) in [4.78, 5) is 23.9. The largest absolute Gasteiger partial charge is 0.465 e. The Morgan fingerprint density at radius 3 is 2.68 bits per heavy atom. The van der Waals surface area contributed by atoms with E-state index < -0.39 is 11.7 Å². The van der Waals surface area contributed by atoms with Crippen LogP contribution in [0, 0.1) is 0 Å². The van der Waals surface area contributed by atoms with Crippen molar-refractivity contribution in [3.63, 3.8) is 0 Å². The van der Waals surface area contributed by atoms with Gasteiger partial charge in [0.25, 0.3) is 6.01 Å². The summed E-state index contributed by atoms with van der Waals surface area (Å²) in [7, 11) is 0. The third-order valence-corrected chi connectivity index (χ3v) is 6.35. The first-order chi connectivity index (χ1) is 13.3. The highest BCUT2D eigenvalue weighted by Gasteiger charge is 2.48. The average Bonchev–Trinajstić information content (AvgIpc) is 3.29. The fraction of sp³-hybridized carbons (Fsp3) is 0.421. The van der Waals surface area contributed by atoms with Gasteiger partial charge in [-0.1, -0.05) is 6.07 Å². The molecule has 1 amide bonds. The number of benzene rings is 1. The molecular weight excluding hydrogens is 380 g/mol. The SMILES string of the molecule is CC(C)(O)c1ccc(-c2nccs2)c2oc(N3CC4CC(C3)N4C(=O)O)nc12. The summed E-state index contributed by atoms with van der Waals surface area (Å²) >= 11 is 1.51. The van der Waals surface area contributed by atoms with Crippen molar-refractivity contribution in [1.82, 2.24) is 14.9 Å². The number of piperazine rings is 1. The topological polar surface area (TPSA) is 103 Å². The summed E-state index contributed by atoms with van der Waals surface area (Å²) in [5.74, 6) is 0. The zero-order valence-corrected chi connectivity index (χ0v) is 16.3. The van der Waals surface area contributed by atoms with Crippen molar-refractivity contribution in [2.75, 3.05) is 18.0 Å². The molecule has 0 aliphatic carbocycles. The Hall–Kier alpha value is -2.65. The fourth-order valence-corrected chi connectivity index (χ4v) is 4.89. The molecule has 3 aliphatic rings. The number of hydrogen-bond donors (Lipinski definition) is 2. The van der Waals surface area contributed by atoms with E-state index in [1.54, 1.807) is 20.0 Å². The Bertz CT molecular complexity index is 1040. The van der Waals surface area contributed by atoms with Crippen molar-refractivity contribution in [3.05, 3.63) is 29.3 Å². The van der Waals surface area contributed by atoms with Gasteiger partial charge in [0.2, 0.25) is 0 Å². The van der Waals surface area contributed by atoms with E-state index in [-0.39, 0.29) is 12.1 Å². The minimum absolute atomic E-state index is 0.0292. The van der Waals surface area contributed by atoms with Crippen molar-refractivity contribution in [2.45, 2.75) is 38.0 Å². The Morgan fingerprint density at radius 1 is 1.32 bits per heavy atom. The molecule has 0 spiro atoms. The molecule has 0 radical (unpaired) electrons. The second-order valence-electron chi connectivity index (χ2n) is 7.87. The third kappa shape index (κ3) is 2.57. The van der Waals surface area contributed by atoms with Crippen LogP contribution in [-0.2, 0) is 5.60 Å². The van der Waals surface area contributed by atoms with Crippen LogP contribution in [0.1, 0.15) is 25.8 Å². The molecule has 28 heavy (non-hydrogen) atoms. The zero-order valence-electron chi connectivity index (χ0n) is 15.5. The predicted molar refractivity (Wildman–Crippen MR) is 105 cm³/mol. The van der Waals surface area contributed by atoms with Gasteiger partial charge in [0.1, 0.15) is 10.5 Å². The highest BCUT2D eigenvalue weighted by molar-refractivity contribution is 7.13. The number of oxazole rings is 1. The number of aromatic nitrogens is 2. The molecule has 3 aliphatic heterocycles. The Morgan fingerprint density at radius 2 is 2.07 bits per heavy atom. The third-order valence-electron chi connectivity index (χ3n) is 5.54. The van der Waals surface area contributed by atoms with Gasteiger partial charge in [-0.05, 0) is 26.3 Å². The van der Waals surface area contributed by atoms with E-state index in [0.29, 0.717) is 35.8 Å². The molecule has 3 saturated heterocycles. The van der Waals surface area contributed by atoms with Crippen LogP contribution >= 0.6 is 11.3 Å². The first kappa shape index (κ1) is 17.4. The summed E-state index contributed by atoms with van der Waals surface area (Å²) in [6.07, 6.45) is 1.75. The molecule has 9 heteroatoms. The fourth-order valence-electron chi connectivity index (χ4n) is 4.23. The van der Waals surface area contributed by atoms with E-state index in [1.807, 2.05) is 22.4 Å². The molecule has 3 aromatic rings. The van der Waals surface area contributed by atoms with E-state index in [4.69, 9.17) is 9.40 Å². The molecule has 2 N–H and O–H groups in total. The van der Waals surface area contributed by atoms with E-state index in [9.17, 15) is 15.0 Å². The number of hydrogen-bond acceptors (Lipinski definition) is 7. The van der Waals surface area contributed by atoms with Crippen LogP contribution in [0.3, 0.4) is 0 Å². The molecule has 5 heterocycles. The summed E-state index contributed by atoms with van der Waals surface area (Å²) in [6.45, 7) is 4.56. The number of thiazole rings is 1. The molecule has 6 rings (SSSR count). The summed E-state index contributed by atoms with van der Waals surface area (Å²) in [6, 6.07) is 4.18. The number of anilines is 1. The van der Waals surface area contributed by atoms with E-state index >= 15 is 0 Å². The summed E-state index contributed by atoms with van der Waals surface area (Å²) in [5, 5.41) is 22.6. The smallest absolute Gasteiger partial charge is 0.407 e. The Kier molecular flexibility index (Phi) is 3.69. The van der Waals surface area contributed by atoms with Crippen molar-refractivity contribution in [2.24, 2.45) is 0 Å². The lowest BCUT2D eigenvalue weighted by Gasteiger charge is -2.54. The second kappa shape index (κ2) is 5.92. The van der Waals surface area contributed by atoms with Crippen LogP contribution in [0.4, 0.5) is 10.8 Å². The van der Waals surface area contributed by atoms with Gasteiger partial charge in [0, 0.05) is 30.2 Å². The lowest BCUT2D eigenvalue weighted by molar-refractivity contribution is 0.0101. The molecule has 2 aromatic heterocycles. The van der Waals surface area contributed by atoms with Crippen LogP contribution in [-0.4, -0.2) is 56.3 Å². The maximum atomic E-state index is 11.3. The van der Waals surface area contributed by atoms with Crippen LogP contribution in [0.5, 0.6) is 0 Å². The van der Waals surface area contributed by atoms with E-state index in [0.717, 1.165) is 17.0 Å². The molecular formula is C19H20N4O4S. The zero-order chi connectivity index (χ0) is 19.6. The van der Waals surface area contributed by atoms with E-state index in [1.165, 1.54) is 16.2 Å². The molecule has 8 nitrogen and oxygen atoms in total.